The normalized spacial score (nSPS) is 22.1. The van der Waals surface area contributed by atoms with Gasteiger partial charge in [0.25, 0.3) is 0 Å². The van der Waals surface area contributed by atoms with Gasteiger partial charge in [-0.2, -0.15) is 0 Å². The summed E-state index contributed by atoms with van der Waals surface area (Å²) in [4.78, 5) is 0. The number of piperidine rings is 1. The van der Waals surface area contributed by atoms with E-state index in [4.69, 9.17) is 4.74 Å². The molecule has 2 unspecified atom stereocenters. The van der Waals surface area contributed by atoms with Crippen LogP contribution >= 0.6 is 12.4 Å². The van der Waals surface area contributed by atoms with Gasteiger partial charge in [0.15, 0.2) is 0 Å². The van der Waals surface area contributed by atoms with Crippen molar-refractivity contribution in [3.63, 3.8) is 0 Å². The molecule has 148 valence electrons. The third-order valence-corrected chi connectivity index (χ3v) is 5.30. The number of aryl methyl sites for hydroxylation is 1. The van der Waals surface area contributed by atoms with Crippen LogP contribution in [-0.2, 0) is 6.42 Å². The number of halogens is 1. The predicted octanol–water partition coefficient (Wildman–Crippen LogP) is 3.86. The molecule has 2 atom stereocenters. The summed E-state index contributed by atoms with van der Waals surface area (Å²) in [5.41, 5.74) is 1.78. The Morgan fingerprint density at radius 2 is 1.96 bits per heavy atom. The summed E-state index contributed by atoms with van der Waals surface area (Å²) < 4.78 is 5.72. The Morgan fingerprint density at radius 3 is 2.70 bits per heavy atom. The van der Waals surface area contributed by atoms with Crippen molar-refractivity contribution >= 4 is 12.4 Å². The van der Waals surface area contributed by atoms with Crippen molar-refractivity contribution in [2.24, 2.45) is 5.92 Å². The van der Waals surface area contributed by atoms with E-state index in [1.54, 1.807) is 18.2 Å². The van der Waals surface area contributed by atoms with Gasteiger partial charge in [0.2, 0.25) is 0 Å². The van der Waals surface area contributed by atoms with Crippen molar-refractivity contribution in [3.05, 3.63) is 59.7 Å². The fraction of sp³-hybridized carbons (Fsp3) is 0.455. The predicted molar refractivity (Wildman–Crippen MR) is 111 cm³/mol. The highest BCUT2D eigenvalue weighted by Crippen LogP contribution is 2.32. The van der Waals surface area contributed by atoms with Gasteiger partial charge in [-0.25, -0.2) is 0 Å². The summed E-state index contributed by atoms with van der Waals surface area (Å²) in [7, 11) is 0. The van der Waals surface area contributed by atoms with Crippen LogP contribution in [0.1, 0.15) is 30.4 Å². The molecular formula is C22H30ClNO3. The number of nitrogens with one attached hydrogen (secondary N) is 1. The van der Waals surface area contributed by atoms with Gasteiger partial charge in [0, 0.05) is 24.9 Å². The summed E-state index contributed by atoms with van der Waals surface area (Å²) in [6.07, 6.45) is 3.26. The third kappa shape index (κ3) is 6.13. The molecule has 0 bridgehead atoms. The van der Waals surface area contributed by atoms with Crippen LogP contribution in [0.15, 0.2) is 48.5 Å². The van der Waals surface area contributed by atoms with E-state index in [0.29, 0.717) is 18.8 Å². The van der Waals surface area contributed by atoms with Crippen LogP contribution in [0.2, 0.25) is 0 Å². The van der Waals surface area contributed by atoms with Crippen molar-refractivity contribution in [3.8, 4) is 11.5 Å². The Bertz CT molecular complexity index is 707. The van der Waals surface area contributed by atoms with E-state index in [0.717, 1.165) is 32.4 Å². The summed E-state index contributed by atoms with van der Waals surface area (Å²) in [6, 6.07) is 15.3. The highest BCUT2D eigenvalue weighted by atomic mass is 35.5. The number of rotatable bonds is 7. The Morgan fingerprint density at radius 1 is 1.19 bits per heavy atom. The average molecular weight is 392 g/mol. The Kier molecular flexibility index (Phi) is 7.96. The summed E-state index contributed by atoms with van der Waals surface area (Å²) in [6.45, 7) is 4.37. The minimum atomic E-state index is -0.661. The lowest BCUT2D eigenvalue weighted by atomic mass is 9.75. The van der Waals surface area contributed by atoms with Gasteiger partial charge < -0.3 is 20.3 Å². The maximum absolute atomic E-state index is 11.3. The second-order valence-corrected chi connectivity index (χ2v) is 7.41. The van der Waals surface area contributed by atoms with Crippen molar-refractivity contribution in [1.29, 1.82) is 0 Å². The molecule has 3 rings (SSSR count). The SMILES string of the molecule is Cc1ccc(CC2(O)CCNCC2CCCOc2cccc(O)c2)cc1.Cl. The second-order valence-electron chi connectivity index (χ2n) is 7.41. The minimum absolute atomic E-state index is 0. The Balaban J connectivity index is 0.00000261. The van der Waals surface area contributed by atoms with E-state index in [2.05, 4.69) is 36.5 Å². The number of ether oxygens (including phenoxy) is 1. The van der Waals surface area contributed by atoms with Crippen molar-refractivity contribution in [2.75, 3.05) is 19.7 Å². The van der Waals surface area contributed by atoms with Crippen LogP contribution < -0.4 is 10.1 Å². The largest absolute Gasteiger partial charge is 0.508 e. The van der Waals surface area contributed by atoms with Gasteiger partial charge in [0.05, 0.1) is 12.2 Å². The smallest absolute Gasteiger partial charge is 0.122 e. The van der Waals surface area contributed by atoms with Gasteiger partial charge >= 0.3 is 0 Å². The number of aromatic hydroxyl groups is 1. The number of phenolic OH excluding ortho intramolecular Hbond substituents is 1. The van der Waals surface area contributed by atoms with Crippen LogP contribution in [0.4, 0.5) is 0 Å². The molecule has 4 nitrogen and oxygen atoms in total. The molecule has 27 heavy (non-hydrogen) atoms. The number of hydrogen-bond acceptors (Lipinski definition) is 4. The molecule has 0 radical (unpaired) electrons. The first-order valence-corrected chi connectivity index (χ1v) is 9.46. The fourth-order valence-electron chi connectivity index (χ4n) is 3.73. The molecule has 5 heteroatoms. The van der Waals surface area contributed by atoms with E-state index in [9.17, 15) is 10.2 Å². The lowest BCUT2D eigenvalue weighted by Crippen LogP contribution is -2.51. The first-order valence-electron chi connectivity index (χ1n) is 9.46. The van der Waals surface area contributed by atoms with Crippen LogP contribution in [0.3, 0.4) is 0 Å². The van der Waals surface area contributed by atoms with Crippen LogP contribution in [0.25, 0.3) is 0 Å². The molecule has 2 aromatic carbocycles. The first-order chi connectivity index (χ1) is 12.5. The molecule has 0 amide bonds. The zero-order valence-corrected chi connectivity index (χ0v) is 16.7. The van der Waals surface area contributed by atoms with Crippen molar-refractivity contribution in [2.45, 2.75) is 38.2 Å². The lowest BCUT2D eigenvalue weighted by Gasteiger charge is -2.41. The van der Waals surface area contributed by atoms with Crippen LogP contribution in [-0.4, -0.2) is 35.5 Å². The second kappa shape index (κ2) is 9.98. The molecule has 1 heterocycles. The zero-order valence-electron chi connectivity index (χ0n) is 15.9. The fourth-order valence-corrected chi connectivity index (χ4v) is 3.73. The topological polar surface area (TPSA) is 61.7 Å². The van der Waals surface area contributed by atoms with Gasteiger partial charge in [-0.3, -0.25) is 0 Å². The quantitative estimate of drug-likeness (QED) is 0.627. The molecule has 1 aliphatic heterocycles. The molecule has 0 aliphatic carbocycles. The number of phenols is 1. The Labute approximate surface area is 168 Å². The maximum atomic E-state index is 11.3. The van der Waals surface area contributed by atoms with E-state index in [1.165, 1.54) is 11.1 Å². The van der Waals surface area contributed by atoms with Gasteiger partial charge in [-0.1, -0.05) is 35.9 Å². The average Bonchev–Trinajstić information content (AvgIpc) is 2.62. The van der Waals surface area contributed by atoms with Crippen molar-refractivity contribution < 1.29 is 14.9 Å². The van der Waals surface area contributed by atoms with Gasteiger partial charge in [-0.05, 0) is 50.4 Å². The molecule has 0 spiro atoms. The molecule has 1 fully saturated rings. The summed E-state index contributed by atoms with van der Waals surface area (Å²) >= 11 is 0. The monoisotopic (exact) mass is 391 g/mol. The highest BCUT2D eigenvalue weighted by molar-refractivity contribution is 5.85. The molecule has 0 aromatic heterocycles. The minimum Gasteiger partial charge on any atom is -0.508 e. The highest BCUT2D eigenvalue weighted by Gasteiger charge is 2.38. The van der Waals surface area contributed by atoms with E-state index < -0.39 is 5.60 Å². The number of aliphatic hydroxyl groups is 1. The van der Waals surface area contributed by atoms with Gasteiger partial charge in [0.1, 0.15) is 11.5 Å². The maximum Gasteiger partial charge on any atom is 0.122 e. The van der Waals surface area contributed by atoms with Crippen LogP contribution in [0, 0.1) is 12.8 Å². The molecule has 2 aromatic rings. The van der Waals surface area contributed by atoms with Gasteiger partial charge in [-0.15, -0.1) is 12.4 Å². The molecule has 1 saturated heterocycles. The standard InChI is InChI=1S/C22H29NO3.ClH/c1-17-7-9-18(10-8-17)15-22(25)11-12-23-16-19(22)4-3-13-26-21-6-2-5-20(24)14-21;/h2,5-10,14,19,23-25H,3-4,11-13,15-16H2,1H3;1H. The lowest BCUT2D eigenvalue weighted by molar-refractivity contribution is -0.0446. The molecule has 0 saturated carbocycles. The van der Waals surface area contributed by atoms with E-state index in [-0.39, 0.29) is 24.1 Å². The summed E-state index contributed by atoms with van der Waals surface area (Å²) in [5, 5.41) is 24.2. The number of benzene rings is 2. The Hall–Kier alpha value is -1.75. The molecule has 1 aliphatic rings. The first kappa shape index (κ1) is 21.5. The van der Waals surface area contributed by atoms with Crippen LogP contribution in [0.5, 0.6) is 11.5 Å². The zero-order chi connectivity index (χ0) is 18.4. The van der Waals surface area contributed by atoms with Crippen molar-refractivity contribution in [1.82, 2.24) is 5.32 Å². The van der Waals surface area contributed by atoms with E-state index >= 15 is 0 Å². The third-order valence-electron chi connectivity index (χ3n) is 5.30. The summed E-state index contributed by atoms with van der Waals surface area (Å²) in [5.74, 6) is 1.11. The number of hydrogen-bond donors (Lipinski definition) is 3. The molecule has 3 N–H and O–H groups in total. The van der Waals surface area contributed by atoms with E-state index in [1.807, 2.05) is 6.07 Å². The molecular weight excluding hydrogens is 362 g/mol.